The number of rotatable bonds is 1. The van der Waals surface area contributed by atoms with Crippen molar-refractivity contribution in [2.75, 3.05) is 7.11 Å². The van der Waals surface area contributed by atoms with Gasteiger partial charge in [-0.2, -0.15) is 0 Å². The van der Waals surface area contributed by atoms with Crippen molar-refractivity contribution >= 4 is 11.6 Å². The number of benzene rings is 1. The zero-order valence-electron chi connectivity index (χ0n) is 8.94. The van der Waals surface area contributed by atoms with Crippen molar-refractivity contribution < 1.29 is 4.74 Å². The van der Waals surface area contributed by atoms with E-state index in [0.717, 1.165) is 16.9 Å². The summed E-state index contributed by atoms with van der Waals surface area (Å²) in [6.07, 6.45) is 0. The largest absolute Gasteiger partial charge is 0.495 e. The molecule has 1 aromatic rings. The van der Waals surface area contributed by atoms with Gasteiger partial charge in [0.2, 0.25) is 0 Å². The van der Waals surface area contributed by atoms with E-state index in [0.29, 0.717) is 5.02 Å². The van der Waals surface area contributed by atoms with Crippen LogP contribution in [0.25, 0.3) is 0 Å². The standard InChI is InChI=1S/C9H11ClO.C2H6/c1-6-4-5-7(2)9(11-3)8(6)10;1-2/h4-5H,1-3H3;1-2H3. The van der Waals surface area contributed by atoms with E-state index in [1.165, 1.54) is 0 Å². The lowest BCUT2D eigenvalue weighted by Gasteiger charge is -2.07. The normalized spacial score (nSPS) is 8.77. The second-order valence-corrected chi connectivity index (χ2v) is 2.92. The van der Waals surface area contributed by atoms with Gasteiger partial charge in [-0.1, -0.05) is 37.6 Å². The first-order valence-electron chi connectivity index (χ1n) is 4.46. The van der Waals surface area contributed by atoms with E-state index < -0.39 is 0 Å². The van der Waals surface area contributed by atoms with Gasteiger partial charge in [0.1, 0.15) is 5.75 Å². The van der Waals surface area contributed by atoms with Crippen molar-refractivity contribution in [2.24, 2.45) is 0 Å². The summed E-state index contributed by atoms with van der Waals surface area (Å²) in [4.78, 5) is 0. The van der Waals surface area contributed by atoms with Crippen LogP contribution in [0.3, 0.4) is 0 Å². The van der Waals surface area contributed by atoms with Gasteiger partial charge in [0.15, 0.2) is 0 Å². The fourth-order valence-corrected chi connectivity index (χ4v) is 1.29. The van der Waals surface area contributed by atoms with Crippen LogP contribution in [0.2, 0.25) is 5.02 Å². The summed E-state index contributed by atoms with van der Waals surface area (Å²) < 4.78 is 5.12. The van der Waals surface area contributed by atoms with Gasteiger partial charge in [0, 0.05) is 0 Å². The minimum atomic E-state index is 0.715. The van der Waals surface area contributed by atoms with Gasteiger partial charge in [-0.3, -0.25) is 0 Å². The van der Waals surface area contributed by atoms with Crippen molar-refractivity contribution in [3.63, 3.8) is 0 Å². The Morgan fingerprint density at radius 1 is 1.08 bits per heavy atom. The fraction of sp³-hybridized carbons (Fsp3) is 0.455. The van der Waals surface area contributed by atoms with Crippen molar-refractivity contribution in [3.8, 4) is 5.75 Å². The number of aryl methyl sites for hydroxylation is 2. The van der Waals surface area contributed by atoms with Gasteiger partial charge in [-0.25, -0.2) is 0 Å². The first-order chi connectivity index (χ1) is 6.16. The van der Waals surface area contributed by atoms with Crippen molar-refractivity contribution in [3.05, 3.63) is 28.3 Å². The predicted octanol–water partition coefficient (Wildman–Crippen LogP) is 3.99. The third-order valence-electron chi connectivity index (χ3n) is 1.69. The number of hydrogen-bond donors (Lipinski definition) is 0. The molecule has 0 aliphatic carbocycles. The molecule has 0 aliphatic rings. The Hall–Kier alpha value is -0.690. The van der Waals surface area contributed by atoms with E-state index in [4.69, 9.17) is 16.3 Å². The van der Waals surface area contributed by atoms with Crippen LogP contribution in [0, 0.1) is 13.8 Å². The molecular weight excluding hydrogens is 184 g/mol. The van der Waals surface area contributed by atoms with Gasteiger partial charge in [-0.15, -0.1) is 0 Å². The second kappa shape index (κ2) is 5.87. The van der Waals surface area contributed by atoms with E-state index >= 15 is 0 Å². The maximum Gasteiger partial charge on any atom is 0.140 e. The first kappa shape index (κ1) is 12.3. The Labute approximate surface area is 85.7 Å². The molecule has 0 spiro atoms. The molecule has 1 aromatic carbocycles. The highest BCUT2D eigenvalue weighted by Gasteiger charge is 2.05. The molecule has 1 rings (SSSR count). The molecule has 2 heteroatoms. The molecule has 0 bridgehead atoms. The van der Waals surface area contributed by atoms with Crippen LogP contribution in [-0.2, 0) is 0 Å². The molecule has 74 valence electrons. The van der Waals surface area contributed by atoms with E-state index in [9.17, 15) is 0 Å². The smallest absolute Gasteiger partial charge is 0.140 e. The molecule has 0 saturated heterocycles. The van der Waals surface area contributed by atoms with Gasteiger partial charge in [-0.05, 0) is 25.0 Å². The SMILES string of the molecule is CC.COc1c(C)ccc(C)c1Cl. The molecule has 13 heavy (non-hydrogen) atoms. The minimum Gasteiger partial charge on any atom is -0.495 e. The summed E-state index contributed by atoms with van der Waals surface area (Å²) in [7, 11) is 1.63. The molecule has 0 aromatic heterocycles. The zero-order valence-corrected chi connectivity index (χ0v) is 9.70. The third-order valence-corrected chi connectivity index (χ3v) is 2.16. The topological polar surface area (TPSA) is 9.23 Å². The maximum atomic E-state index is 5.97. The number of hydrogen-bond acceptors (Lipinski definition) is 1. The van der Waals surface area contributed by atoms with E-state index in [1.54, 1.807) is 7.11 Å². The average molecular weight is 201 g/mol. The molecule has 0 radical (unpaired) electrons. The van der Waals surface area contributed by atoms with E-state index in [2.05, 4.69) is 0 Å². The molecular formula is C11H17ClO. The summed E-state index contributed by atoms with van der Waals surface area (Å²) in [5, 5.41) is 0.715. The lowest BCUT2D eigenvalue weighted by molar-refractivity contribution is 0.411. The Morgan fingerprint density at radius 3 is 1.92 bits per heavy atom. The van der Waals surface area contributed by atoms with Gasteiger partial charge in [0.05, 0.1) is 12.1 Å². The van der Waals surface area contributed by atoms with Gasteiger partial charge < -0.3 is 4.74 Å². The Bertz CT molecular complexity index is 269. The molecule has 0 atom stereocenters. The van der Waals surface area contributed by atoms with Crippen molar-refractivity contribution in [1.29, 1.82) is 0 Å². The summed E-state index contributed by atoms with van der Waals surface area (Å²) >= 11 is 5.97. The lowest BCUT2D eigenvalue weighted by Crippen LogP contribution is -1.89. The molecule has 0 aliphatic heterocycles. The minimum absolute atomic E-state index is 0.715. The van der Waals surface area contributed by atoms with Crippen LogP contribution in [0.1, 0.15) is 25.0 Å². The molecule has 0 saturated carbocycles. The van der Waals surface area contributed by atoms with Gasteiger partial charge in [0.25, 0.3) is 0 Å². The summed E-state index contributed by atoms with van der Waals surface area (Å²) in [6.45, 7) is 7.94. The second-order valence-electron chi connectivity index (χ2n) is 2.55. The summed E-state index contributed by atoms with van der Waals surface area (Å²) in [5.41, 5.74) is 2.12. The molecule has 0 N–H and O–H groups in total. The van der Waals surface area contributed by atoms with Crippen LogP contribution in [0.4, 0.5) is 0 Å². The van der Waals surface area contributed by atoms with Crippen molar-refractivity contribution in [2.45, 2.75) is 27.7 Å². The molecule has 0 heterocycles. The van der Waals surface area contributed by atoms with Crippen LogP contribution in [0.15, 0.2) is 12.1 Å². The quantitative estimate of drug-likeness (QED) is 0.666. The molecule has 1 nitrogen and oxygen atoms in total. The number of halogens is 1. The highest BCUT2D eigenvalue weighted by molar-refractivity contribution is 6.32. The lowest BCUT2D eigenvalue weighted by atomic mass is 10.1. The van der Waals surface area contributed by atoms with Gasteiger partial charge >= 0.3 is 0 Å². The van der Waals surface area contributed by atoms with Crippen LogP contribution in [-0.4, -0.2) is 7.11 Å². The monoisotopic (exact) mass is 200 g/mol. The first-order valence-corrected chi connectivity index (χ1v) is 4.84. The highest BCUT2D eigenvalue weighted by Crippen LogP contribution is 2.30. The Morgan fingerprint density at radius 2 is 1.54 bits per heavy atom. The molecule has 0 unspecified atom stereocenters. The van der Waals surface area contributed by atoms with E-state index in [-0.39, 0.29) is 0 Å². The zero-order chi connectivity index (χ0) is 10.4. The number of ether oxygens (including phenoxy) is 1. The van der Waals surface area contributed by atoms with Crippen molar-refractivity contribution in [1.82, 2.24) is 0 Å². The maximum absolute atomic E-state index is 5.97. The number of methoxy groups -OCH3 is 1. The fourth-order valence-electron chi connectivity index (χ4n) is 1.00. The Balaban J connectivity index is 0.000000671. The summed E-state index contributed by atoms with van der Waals surface area (Å²) in [5.74, 6) is 0.784. The average Bonchev–Trinajstić information content (AvgIpc) is 2.16. The van der Waals surface area contributed by atoms with Crippen LogP contribution >= 0.6 is 11.6 Å². The Kier molecular flexibility index (Phi) is 5.56. The third kappa shape index (κ3) is 2.92. The molecule has 0 amide bonds. The van der Waals surface area contributed by atoms with Crippen LogP contribution < -0.4 is 4.74 Å². The molecule has 0 fully saturated rings. The van der Waals surface area contributed by atoms with Crippen LogP contribution in [0.5, 0.6) is 5.75 Å². The predicted molar refractivity (Wildman–Crippen MR) is 58.8 cm³/mol. The highest BCUT2D eigenvalue weighted by atomic mass is 35.5. The van der Waals surface area contributed by atoms with E-state index in [1.807, 2.05) is 39.8 Å². The summed E-state index contributed by atoms with van der Waals surface area (Å²) in [6, 6.07) is 3.99.